The van der Waals surface area contributed by atoms with Crippen molar-refractivity contribution in [3.63, 3.8) is 0 Å². The van der Waals surface area contributed by atoms with Crippen molar-refractivity contribution < 1.29 is 26.7 Å². The minimum absolute atomic E-state index is 0.165. The zero-order valence-corrected chi connectivity index (χ0v) is 12.2. The Morgan fingerprint density at radius 2 is 1.73 bits per heavy atom. The largest absolute Gasteiger partial charge is 0.465 e. The van der Waals surface area contributed by atoms with E-state index in [4.69, 9.17) is 0 Å². The van der Waals surface area contributed by atoms with Gasteiger partial charge in [0.25, 0.3) is 10.0 Å². The van der Waals surface area contributed by atoms with Crippen molar-refractivity contribution in [1.82, 2.24) is 0 Å². The summed E-state index contributed by atoms with van der Waals surface area (Å²) in [5.74, 6) is -2.30. The zero-order valence-electron chi connectivity index (χ0n) is 11.3. The minimum atomic E-state index is -4.11. The van der Waals surface area contributed by atoms with E-state index in [1.165, 1.54) is 19.2 Å². The molecule has 0 aromatic heterocycles. The maximum atomic E-state index is 13.5. The van der Waals surface area contributed by atoms with Gasteiger partial charge in [0.05, 0.1) is 23.3 Å². The van der Waals surface area contributed by atoms with Crippen molar-refractivity contribution in [2.24, 2.45) is 0 Å². The molecule has 0 saturated heterocycles. The molecule has 0 atom stereocenters. The van der Waals surface area contributed by atoms with Crippen LogP contribution in [0.2, 0.25) is 0 Å². The van der Waals surface area contributed by atoms with E-state index >= 15 is 0 Å². The molecule has 22 heavy (non-hydrogen) atoms. The van der Waals surface area contributed by atoms with E-state index in [1.54, 1.807) is 0 Å². The number of methoxy groups -OCH3 is 1. The summed E-state index contributed by atoms with van der Waals surface area (Å²) in [6, 6.07) is 7.24. The Morgan fingerprint density at radius 3 is 2.32 bits per heavy atom. The number of esters is 1. The van der Waals surface area contributed by atoms with E-state index in [0.29, 0.717) is 0 Å². The lowest BCUT2D eigenvalue weighted by Gasteiger charge is -2.09. The van der Waals surface area contributed by atoms with Gasteiger partial charge in [-0.15, -0.1) is 0 Å². The van der Waals surface area contributed by atoms with Crippen LogP contribution in [0.15, 0.2) is 47.4 Å². The van der Waals surface area contributed by atoms with Gasteiger partial charge >= 0.3 is 5.97 Å². The number of nitrogens with one attached hydrogen (secondary N) is 1. The second kappa shape index (κ2) is 6.10. The quantitative estimate of drug-likeness (QED) is 0.876. The molecule has 0 saturated carbocycles. The summed E-state index contributed by atoms with van der Waals surface area (Å²) >= 11 is 0. The van der Waals surface area contributed by atoms with E-state index in [1.807, 2.05) is 4.72 Å². The summed E-state index contributed by atoms with van der Waals surface area (Å²) in [6.45, 7) is 0. The first-order valence-corrected chi connectivity index (χ1v) is 7.48. The Labute approximate surface area is 125 Å². The Kier molecular flexibility index (Phi) is 4.41. The molecule has 0 spiro atoms. The van der Waals surface area contributed by atoms with E-state index in [9.17, 15) is 22.0 Å². The number of rotatable bonds is 4. The van der Waals surface area contributed by atoms with Gasteiger partial charge in [-0.25, -0.2) is 22.0 Å². The van der Waals surface area contributed by atoms with Gasteiger partial charge < -0.3 is 4.74 Å². The minimum Gasteiger partial charge on any atom is -0.465 e. The fourth-order valence-corrected chi connectivity index (χ4v) is 2.73. The molecule has 1 N–H and O–H groups in total. The van der Waals surface area contributed by atoms with Crippen molar-refractivity contribution in [3.05, 3.63) is 59.7 Å². The normalized spacial score (nSPS) is 11.0. The van der Waals surface area contributed by atoms with Crippen LogP contribution in [0.1, 0.15) is 10.4 Å². The van der Waals surface area contributed by atoms with Gasteiger partial charge in [-0.3, -0.25) is 4.72 Å². The monoisotopic (exact) mass is 327 g/mol. The third-order valence-electron chi connectivity index (χ3n) is 2.76. The zero-order chi connectivity index (χ0) is 16.3. The van der Waals surface area contributed by atoms with Crippen LogP contribution in [0.5, 0.6) is 0 Å². The summed E-state index contributed by atoms with van der Waals surface area (Å²) in [6.07, 6.45) is 0. The second-order valence-corrected chi connectivity index (χ2v) is 5.93. The number of carbonyl (C=O) groups excluding carboxylic acids is 1. The smallest absolute Gasteiger partial charge is 0.337 e. The lowest BCUT2D eigenvalue weighted by molar-refractivity contribution is 0.0600. The molecule has 0 unspecified atom stereocenters. The molecular formula is C14H11F2NO4S. The Hall–Kier alpha value is -2.48. The number of ether oxygens (including phenoxy) is 1. The first-order valence-electron chi connectivity index (χ1n) is 6.00. The fraction of sp³-hybridized carbons (Fsp3) is 0.0714. The molecule has 0 amide bonds. The molecule has 0 aliphatic rings. The summed E-state index contributed by atoms with van der Waals surface area (Å²) in [5.41, 5.74) is -0.338. The van der Waals surface area contributed by atoms with Crippen molar-refractivity contribution >= 4 is 21.7 Å². The molecule has 8 heteroatoms. The van der Waals surface area contributed by atoms with Crippen LogP contribution in [0, 0.1) is 11.6 Å². The average molecular weight is 327 g/mol. The highest BCUT2D eigenvalue weighted by Gasteiger charge is 2.17. The third-order valence-corrected chi connectivity index (χ3v) is 4.14. The fourth-order valence-electron chi connectivity index (χ4n) is 1.67. The maximum Gasteiger partial charge on any atom is 0.337 e. The number of anilines is 1. The number of carbonyl (C=O) groups is 1. The first kappa shape index (κ1) is 15.9. The highest BCUT2D eigenvalue weighted by Crippen LogP contribution is 2.20. The van der Waals surface area contributed by atoms with Crippen molar-refractivity contribution in [2.75, 3.05) is 11.8 Å². The molecule has 0 heterocycles. The highest BCUT2D eigenvalue weighted by molar-refractivity contribution is 7.92. The van der Waals surface area contributed by atoms with Crippen LogP contribution < -0.4 is 4.72 Å². The standard InChI is InChI=1S/C14H11F2NO4S/c1-21-14(18)9-2-5-11(6-3-9)22(19,20)17-13-8-10(15)4-7-12(13)16/h2-8,17H,1H3. The van der Waals surface area contributed by atoms with Gasteiger partial charge in [0.15, 0.2) is 0 Å². The van der Waals surface area contributed by atoms with Gasteiger partial charge in [0, 0.05) is 6.07 Å². The van der Waals surface area contributed by atoms with Gasteiger partial charge in [0.2, 0.25) is 0 Å². The van der Waals surface area contributed by atoms with Crippen molar-refractivity contribution in [2.45, 2.75) is 4.90 Å². The van der Waals surface area contributed by atoms with E-state index in [0.717, 1.165) is 30.3 Å². The number of halogens is 2. The Balaban J connectivity index is 2.30. The molecule has 116 valence electrons. The average Bonchev–Trinajstić information content (AvgIpc) is 2.50. The maximum absolute atomic E-state index is 13.5. The van der Waals surface area contributed by atoms with Crippen LogP contribution in [-0.2, 0) is 14.8 Å². The SMILES string of the molecule is COC(=O)c1ccc(S(=O)(=O)Nc2cc(F)ccc2F)cc1. The molecule has 0 bridgehead atoms. The van der Waals surface area contributed by atoms with Crippen LogP contribution >= 0.6 is 0 Å². The molecular weight excluding hydrogens is 316 g/mol. The van der Waals surface area contributed by atoms with E-state index in [-0.39, 0.29) is 10.5 Å². The summed E-state index contributed by atoms with van der Waals surface area (Å²) in [4.78, 5) is 11.1. The predicted octanol–water partition coefficient (Wildman–Crippen LogP) is 2.55. The number of sulfonamides is 1. The first-order chi connectivity index (χ1) is 10.3. The van der Waals surface area contributed by atoms with Gasteiger partial charge in [0.1, 0.15) is 11.6 Å². The van der Waals surface area contributed by atoms with Crippen molar-refractivity contribution in [3.8, 4) is 0 Å². The molecule has 5 nitrogen and oxygen atoms in total. The highest BCUT2D eigenvalue weighted by atomic mass is 32.2. The molecule has 0 radical (unpaired) electrons. The van der Waals surface area contributed by atoms with Crippen LogP contribution in [0.4, 0.5) is 14.5 Å². The van der Waals surface area contributed by atoms with Gasteiger partial charge in [-0.2, -0.15) is 0 Å². The predicted molar refractivity (Wildman–Crippen MR) is 74.9 cm³/mol. The van der Waals surface area contributed by atoms with Crippen molar-refractivity contribution in [1.29, 1.82) is 0 Å². The van der Waals surface area contributed by atoms with E-state index < -0.39 is 33.3 Å². The summed E-state index contributed by atoms with van der Waals surface area (Å²) < 4.78 is 57.2. The second-order valence-electron chi connectivity index (χ2n) is 4.25. The van der Waals surface area contributed by atoms with Crippen LogP contribution in [0.3, 0.4) is 0 Å². The molecule has 0 aliphatic heterocycles. The summed E-state index contributed by atoms with van der Waals surface area (Å²) in [5, 5.41) is 0. The van der Waals surface area contributed by atoms with Crippen LogP contribution in [-0.4, -0.2) is 21.5 Å². The summed E-state index contributed by atoms with van der Waals surface area (Å²) in [7, 11) is -2.91. The topological polar surface area (TPSA) is 72.5 Å². The number of hydrogen-bond donors (Lipinski definition) is 1. The molecule has 0 aliphatic carbocycles. The van der Waals surface area contributed by atoms with Gasteiger partial charge in [-0.1, -0.05) is 0 Å². The molecule has 2 aromatic rings. The Bertz CT molecular complexity index is 804. The number of hydrogen-bond acceptors (Lipinski definition) is 4. The molecule has 2 rings (SSSR count). The molecule has 2 aromatic carbocycles. The third kappa shape index (κ3) is 3.40. The van der Waals surface area contributed by atoms with E-state index in [2.05, 4.69) is 4.74 Å². The molecule has 0 fully saturated rings. The Morgan fingerprint density at radius 1 is 1.09 bits per heavy atom. The van der Waals surface area contributed by atoms with Crippen LogP contribution in [0.25, 0.3) is 0 Å². The number of benzene rings is 2. The van der Waals surface area contributed by atoms with Gasteiger partial charge in [-0.05, 0) is 36.4 Å². The lowest BCUT2D eigenvalue weighted by atomic mass is 10.2. The lowest BCUT2D eigenvalue weighted by Crippen LogP contribution is -2.14.